The maximum absolute atomic E-state index is 13.8. The topological polar surface area (TPSA) is 73.9 Å². The second kappa shape index (κ2) is 10.8. The molecule has 190 valence electrons. The Morgan fingerprint density at radius 3 is 2.50 bits per heavy atom. The van der Waals surface area contributed by atoms with Crippen LogP contribution in [0.5, 0.6) is 11.5 Å². The summed E-state index contributed by atoms with van der Waals surface area (Å²) in [5, 5.41) is 3.89. The number of carbonyl (C=O) groups is 2. The van der Waals surface area contributed by atoms with Gasteiger partial charge < -0.3 is 19.5 Å². The fraction of sp³-hybridized carbons (Fsp3) is 0.379. The molecule has 2 aromatic carbocycles. The van der Waals surface area contributed by atoms with E-state index in [0.29, 0.717) is 52.6 Å². The molecule has 1 N–H and O–H groups in total. The highest BCUT2D eigenvalue weighted by molar-refractivity contribution is 6.31. The molecule has 0 radical (unpaired) electrons. The molecule has 36 heavy (non-hydrogen) atoms. The summed E-state index contributed by atoms with van der Waals surface area (Å²) in [6.45, 7) is 5.67. The first-order valence-electron chi connectivity index (χ1n) is 12.2. The van der Waals surface area contributed by atoms with E-state index < -0.39 is 11.9 Å². The van der Waals surface area contributed by atoms with Crippen molar-refractivity contribution in [2.24, 2.45) is 0 Å². The molecule has 2 aromatic rings. The highest BCUT2D eigenvalue weighted by atomic mass is 35.5. The van der Waals surface area contributed by atoms with Crippen LogP contribution in [0.4, 0.5) is 0 Å². The quantitative estimate of drug-likeness (QED) is 0.457. The molecule has 2 aliphatic rings. The summed E-state index contributed by atoms with van der Waals surface area (Å²) in [7, 11) is 3.19. The van der Waals surface area contributed by atoms with Gasteiger partial charge in [0.2, 0.25) is 0 Å². The van der Waals surface area contributed by atoms with Crippen LogP contribution in [0, 0.1) is 0 Å². The molecule has 1 heterocycles. The first-order valence-corrected chi connectivity index (χ1v) is 12.6. The molecule has 0 fully saturated rings. The van der Waals surface area contributed by atoms with Crippen molar-refractivity contribution in [2.75, 3.05) is 14.2 Å². The average Bonchev–Trinajstić information content (AvgIpc) is 2.87. The van der Waals surface area contributed by atoms with Crippen LogP contribution >= 0.6 is 11.6 Å². The van der Waals surface area contributed by atoms with E-state index >= 15 is 0 Å². The maximum Gasteiger partial charge on any atom is 0.337 e. The minimum absolute atomic E-state index is 0.0187. The van der Waals surface area contributed by atoms with Crippen molar-refractivity contribution in [3.63, 3.8) is 0 Å². The van der Waals surface area contributed by atoms with Crippen molar-refractivity contribution < 1.29 is 23.8 Å². The zero-order valence-corrected chi connectivity index (χ0v) is 22.1. The Kier molecular flexibility index (Phi) is 7.74. The van der Waals surface area contributed by atoms with Crippen molar-refractivity contribution >= 4 is 23.4 Å². The molecule has 0 bridgehead atoms. The first kappa shape index (κ1) is 25.8. The molecule has 3 atom stereocenters. The average molecular weight is 510 g/mol. The lowest BCUT2D eigenvalue weighted by atomic mass is 9.71. The van der Waals surface area contributed by atoms with Crippen LogP contribution in [-0.4, -0.2) is 32.1 Å². The summed E-state index contributed by atoms with van der Waals surface area (Å²) in [6, 6.07) is 13.1. The number of nitrogens with one attached hydrogen (secondary N) is 1. The van der Waals surface area contributed by atoms with Gasteiger partial charge in [-0.3, -0.25) is 4.79 Å². The highest BCUT2D eigenvalue weighted by Gasteiger charge is 2.42. The number of ketones is 1. The van der Waals surface area contributed by atoms with Gasteiger partial charge in [0, 0.05) is 34.3 Å². The molecule has 0 amide bonds. The molecular weight excluding hydrogens is 478 g/mol. The second-order valence-corrected chi connectivity index (χ2v) is 9.68. The number of rotatable bonds is 7. The third-order valence-electron chi connectivity index (χ3n) is 7.03. The van der Waals surface area contributed by atoms with Gasteiger partial charge in [0.15, 0.2) is 17.3 Å². The lowest BCUT2D eigenvalue weighted by Gasteiger charge is -2.37. The molecule has 1 aliphatic heterocycles. The summed E-state index contributed by atoms with van der Waals surface area (Å²) in [4.78, 5) is 27.1. The van der Waals surface area contributed by atoms with Gasteiger partial charge in [0.1, 0.15) is 0 Å². The minimum atomic E-state index is -0.592. The Morgan fingerprint density at radius 2 is 1.83 bits per heavy atom. The van der Waals surface area contributed by atoms with E-state index in [9.17, 15) is 9.59 Å². The zero-order valence-electron chi connectivity index (χ0n) is 21.3. The van der Waals surface area contributed by atoms with Crippen molar-refractivity contribution in [2.45, 2.75) is 58.0 Å². The SMILES string of the molecule is CC[C@@H](C)OC(=O)C1=C(C)NC2=C(C(=O)C[C@H](c3ccc(OC)c(OC)c3)C2)[C@H]1c1ccccc1Cl. The molecule has 0 saturated heterocycles. The Balaban J connectivity index is 1.77. The third-order valence-corrected chi connectivity index (χ3v) is 7.37. The number of hydrogen-bond donors (Lipinski definition) is 1. The molecule has 1 aliphatic carbocycles. The van der Waals surface area contributed by atoms with Crippen molar-refractivity contribution in [3.8, 4) is 11.5 Å². The fourth-order valence-electron chi connectivity index (χ4n) is 5.00. The van der Waals surface area contributed by atoms with E-state index in [1.807, 2.05) is 57.2 Å². The molecule has 7 heteroatoms. The van der Waals surface area contributed by atoms with Crippen LogP contribution in [0.1, 0.15) is 63.0 Å². The lowest BCUT2D eigenvalue weighted by Crippen LogP contribution is -2.36. The van der Waals surface area contributed by atoms with Crippen LogP contribution in [0.25, 0.3) is 0 Å². The molecular formula is C29H32ClNO5. The van der Waals surface area contributed by atoms with E-state index in [4.69, 9.17) is 25.8 Å². The van der Waals surface area contributed by atoms with E-state index in [-0.39, 0.29) is 17.8 Å². The van der Waals surface area contributed by atoms with Crippen molar-refractivity contribution in [1.82, 2.24) is 5.32 Å². The van der Waals surface area contributed by atoms with Gasteiger partial charge in [-0.2, -0.15) is 0 Å². The Labute approximate surface area is 217 Å². The van der Waals surface area contributed by atoms with E-state index in [1.165, 1.54) is 0 Å². The largest absolute Gasteiger partial charge is 0.493 e. The number of allylic oxidation sites excluding steroid dienone is 3. The van der Waals surface area contributed by atoms with Gasteiger partial charge in [-0.1, -0.05) is 42.8 Å². The van der Waals surface area contributed by atoms with Crippen molar-refractivity contribution in [3.05, 3.63) is 81.2 Å². The van der Waals surface area contributed by atoms with Crippen LogP contribution in [0.3, 0.4) is 0 Å². The number of benzene rings is 2. The minimum Gasteiger partial charge on any atom is -0.493 e. The summed E-state index contributed by atoms with van der Waals surface area (Å²) >= 11 is 6.62. The predicted molar refractivity (Wildman–Crippen MR) is 139 cm³/mol. The first-order chi connectivity index (χ1) is 17.3. The molecule has 0 saturated carbocycles. The fourth-order valence-corrected chi connectivity index (χ4v) is 5.25. The number of methoxy groups -OCH3 is 2. The summed E-state index contributed by atoms with van der Waals surface area (Å²) in [5.74, 6) is 0.178. The number of hydrogen-bond acceptors (Lipinski definition) is 6. The second-order valence-electron chi connectivity index (χ2n) is 9.28. The van der Waals surface area contributed by atoms with Crippen LogP contribution in [0.15, 0.2) is 65.0 Å². The number of Topliss-reactive ketones (excluding diaryl/α,β-unsaturated/α-hetero) is 1. The highest BCUT2D eigenvalue weighted by Crippen LogP contribution is 2.47. The number of carbonyl (C=O) groups excluding carboxylic acids is 2. The summed E-state index contributed by atoms with van der Waals surface area (Å²) < 4.78 is 16.6. The van der Waals surface area contributed by atoms with Crippen LogP contribution < -0.4 is 14.8 Å². The third kappa shape index (κ3) is 4.87. The molecule has 0 spiro atoms. The van der Waals surface area contributed by atoms with Crippen LogP contribution in [0.2, 0.25) is 5.02 Å². The zero-order chi connectivity index (χ0) is 26.0. The van der Waals surface area contributed by atoms with E-state index in [0.717, 1.165) is 16.8 Å². The molecule has 6 nitrogen and oxygen atoms in total. The summed E-state index contributed by atoms with van der Waals surface area (Å²) in [6.07, 6.45) is 1.38. The number of ether oxygens (including phenoxy) is 3. The van der Waals surface area contributed by atoms with Gasteiger partial charge in [0.05, 0.1) is 25.9 Å². The molecule has 0 aromatic heterocycles. The lowest BCUT2D eigenvalue weighted by molar-refractivity contribution is -0.144. The van der Waals surface area contributed by atoms with Gasteiger partial charge >= 0.3 is 5.97 Å². The van der Waals surface area contributed by atoms with Gasteiger partial charge in [-0.15, -0.1) is 0 Å². The maximum atomic E-state index is 13.8. The van der Waals surface area contributed by atoms with Gasteiger partial charge in [-0.25, -0.2) is 4.79 Å². The van der Waals surface area contributed by atoms with Crippen molar-refractivity contribution in [1.29, 1.82) is 0 Å². The van der Waals surface area contributed by atoms with Crippen LogP contribution in [-0.2, 0) is 14.3 Å². The van der Waals surface area contributed by atoms with Gasteiger partial charge in [0.25, 0.3) is 0 Å². The Hall–Kier alpha value is -3.25. The summed E-state index contributed by atoms with van der Waals surface area (Å²) in [5.41, 5.74) is 4.22. The number of dihydropyridines is 1. The molecule has 4 rings (SSSR count). The number of halogens is 1. The predicted octanol–water partition coefficient (Wildman–Crippen LogP) is 6.06. The normalized spacial score (nSPS) is 20.4. The standard InChI is InChI=1S/C29H32ClNO5/c1-6-16(2)36-29(33)26-17(3)31-22-13-19(18-11-12-24(34-4)25(15-18)35-5)14-23(32)28(22)27(26)20-9-7-8-10-21(20)30/h7-12,15-16,19,27,31H,6,13-14H2,1-5H3/t16-,19-,27+/m1/s1. The smallest absolute Gasteiger partial charge is 0.337 e. The monoisotopic (exact) mass is 509 g/mol. The van der Waals surface area contributed by atoms with E-state index in [2.05, 4.69) is 5.32 Å². The number of esters is 1. The van der Waals surface area contributed by atoms with Gasteiger partial charge in [-0.05, 0) is 61.9 Å². The Morgan fingerprint density at radius 1 is 1.11 bits per heavy atom. The Bertz CT molecular complexity index is 1250. The van der Waals surface area contributed by atoms with E-state index in [1.54, 1.807) is 20.3 Å². The molecule has 0 unspecified atom stereocenters.